The van der Waals surface area contributed by atoms with E-state index in [0.717, 1.165) is 15.5 Å². The van der Waals surface area contributed by atoms with E-state index in [2.05, 4.69) is 5.32 Å². The van der Waals surface area contributed by atoms with Crippen molar-refractivity contribution in [3.05, 3.63) is 46.2 Å². The molecule has 7 heteroatoms. The number of aromatic carboxylic acids is 1. The number of thiophene rings is 2. The third-order valence-corrected chi connectivity index (χ3v) is 4.95. The lowest BCUT2D eigenvalue weighted by Crippen LogP contribution is -2.10. The van der Waals surface area contributed by atoms with E-state index in [1.54, 1.807) is 17.4 Å². The van der Waals surface area contributed by atoms with Gasteiger partial charge >= 0.3 is 5.97 Å². The molecule has 0 saturated carbocycles. The van der Waals surface area contributed by atoms with Gasteiger partial charge in [-0.25, -0.2) is 4.79 Å². The fourth-order valence-corrected chi connectivity index (χ4v) is 3.84. The number of nitrogens with one attached hydrogen (secondary N) is 1. The summed E-state index contributed by atoms with van der Waals surface area (Å²) >= 11 is 2.92. The van der Waals surface area contributed by atoms with E-state index in [9.17, 15) is 14.7 Å². The predicted molar refractivity (Wildman–Crippen MR) is 82.7 cm³/mol. The van der Waals surface area contributed by atoms with Crippen LogP contribution in [0.1, 0.15) is 20.0 Å². The number of hydrogen-bond donors (Lipinski definition) is 3. The van der Waals surface area contributed by atoms with Gasteiger partial charge in [0.25, 0.3) is 5.91 Å². The average Bonchev–Trinajstić information content (AvgIpc) is 3.01. The molecule has 0 aliphatic carbocycles. The van der Waals surface area contributed by atoms with E-state index in [4.69, 9.17) is 5.11 Å². The molecule has 0 aliphatic heterocycles. The summed E-state index contributed by atoms with van der Waals surface area (Å²) in [5.41, 5.74) is 0.142. The summed E-state index contributed by atoms with van der Waals surface area (Å²) in [7, 11) is 0. The van der Waals surface area contributed by atoms with Crippen molar-refractivity contribution in [2.24, 2.45) is 0 Å². The van der Waals surface area contributed by atoms with E-state index in [1.165, 1.54) is 23.5 Å². The van der Waals surface area contributed by atoms with Crippen LogP contribution in [0.25, 0.3) is 9.40 Å². The molecule has 2 aromatic heterocycles. The van der Waals surface area contributed by atoms with Gasteiger partial charge in [0.05, 0.1) is 16.1 Å². The van der Waals surface area contributed by atoms with Gasteiger partial charge in [0.1, 0.15) is 5.75 Å². The second-order valence-corrected chi connectivity index (χ2v) is 6.28. The van der Waals surface area contributed by atoms with Crippen LogP contribution in [0.3, 0.4) is 0 Å². The molecule has 0 radical (unpaired) electrons. The SMILES string of the molecule is O=C(O)c1ccc(NC(=O)c2cc3sccc3s2)c(O)c1. The van der Waals surface area contributed by atoms with Gasteiger partial charge in [-0.2, -0.15) is 0 Å². The number of anilines is 1. The highest BCUT2D eigenvalue weighted by Gasteiger charge is 2.14. The maximum Gasteiger partial charge on any atom is 0.335 e. The fourth-order valence-electron chi connectivity index (χ4n) is 1.83. The van der Waals surface area contributed by atoms with E-state index >= 15 is 0 Å². The van der Waals surface area contributed by atoms with Gasteiger partial charge in [-0.1, -0.05) is 0 Å². The zero-order valence-corrected chi connectivity index (χ0v) is 12.1. The number of rotatable bonds is 3. The molecule has 3 N–H and O–H groups in total. The highest BCUT2D eigenvalue weighted by Crippen LogP contribution is 2.31. The van der Waals surface area contributed by atoms with Gasteiger partial charge in [0, 0.05) is 9.40 Å². The maximum atomic E-state index is 12.1. The minimum Gasteiger partial charge on any atom is -0.506 e. The van der Waals surface area contributed by atoms with Gasteiger partial charge in [0.2, 0.25) is 0 Å². The minimum atomic E-state index is -1.14. The van der Waals surface area contributed by atoms with E-state index in [0.29, 0.717) is 4.88 Å². The Morgan fingerprint density at radius 3 is 2.57 bits per heavy atom. The van der Waals surface area contributed by atoms with Crippen LogP contribution in [0.5, 0.6) is 5.75 Å². The minimum absolute atomic E-state index is 0.0397. The molecular weight excluding hydrogens is 310 g/mol. The first kappa shape index (κ1) is 13.6. The molecule has 0 bridgehead atoms. The quantitative estimate of drug-likeness (QED) is 0.644. The molecule has 0 spiro atoms. The standard InChI is InChI=1S/C14H9NO4S2/c16-9-5-7(14(18)19)1-2-8(9)15-13(17)12-6-11-10(21-12)3-4-20-11/h1-6,16H,(H,15,17)(H,18,19). The normalized spacial score (nSPS) is 10.7. The van der Waals surface area contributed by atoms with Crippen LogP contribution in [0.15, 0.2) is 35.7 Å². The van der Waals surface area contributed by atoms with Gasteiger partial charge in [-0.15, -0.1) is 22.7 Å². The number of benzene rings is 1. The first-order valence-electron chi connectivity index (χ1n) is 5.89. The molecule has 1 aromatic carbocycles. The van der Waals surface area contributed by atoms with Crippen molar-refractivity contribution in [2.45, 2.75) is 0 Å². The summed E-state index contributed by atoms with van der Waals surface area (Å²) in [6.45, 7) is 0. The highest BCUT2D eigenvalue weighted by atomic mass is 32.1. The molecule has 5 nitrogen and oxygen atoms in total. The lowest BCUT2D eigenvalue weighted by Gasteiger charge is -2.06. The Labute approximate surface area is 127 Å². The van der Waals surface area contributed by atoms with Crippen LogP contribution >= 0.6 is 22.7 Å². The summed E-state index contributed by atoms with van der Waals surface area (Å²) in [6.07, 6.45) is 0. The number of carbonyl (C=O) groups excluding carboxylic acids is 1. The van der Waals surface area contributed by atoms with Crippen molar-refractivity contribution in [3.8, 4) is 5.75 Å². The first-order chi connectivity index (χ1) is 10.0. The largest absolute Gasteiger partial charge is 0.506 e. The molecule has 3 rings (SSSR count). The van der Waals surface area contributed by atoms with Crippen LogP contribution in [-0.4, -0.2) is 22.1 Å². The maximum absolute atomic E-state index is 12.1. The molecule has 0 fully saturated rings. The summed E-state index contributed by atoms with van der Waals surface area (Å²) in [4.78, 5) is 23.5. The number of aromatic hydroxyl groups is 1. The molecule has 0 unspecified atom stereocenters. The molecule has 0 saturated heterocycles. The van der Waals surface area contributed by atoms with Gasteiger partial charge in [0.15, 0.2) is 0 Å². The van der Waals surface area contributed by atoms with Crippen molar-refractivity contribution >= 4 is 49.6 Å². The van der Waals surface area contributed by atoms with Gasteiger partial charge in [-0.3, -0.25) is 4.79 Å². The Balaban J connectivity index is 1.84. The number of fused-ring (bicyclic) bond motifs is 1. The average molecular weight is 319 g/mol. The van der Waals surface area contributed by atoms with Gasteiger partial charge in [-0.05, 0) is 35.7 Å². The Morgan fingerprint density at radius 2 is 1.90 bits per heavy atom. The Bertz CT molecular complexity index is 821. The molecule has 1 amide bonds. The predicted octanol–water partition coefficient (Wildman–Crippen LogP) is 3.62. The lowest BCUT2D eigenvalue weighted by atomic mass is 10.2. The molecule has 0 aliphatic rings. The summed E-state index contributed by atoms with van der Waals surface area (Å²) in [5.74, 6) is -1.75. The first-order valence-corrected chi connectivity index (χ1v) is 7.59. The Morgan fingerprint density at radius 1 is 1.10 bits per heavy atom. The number of phenols is 1. The number of carboxylic acid groups (broad SMARTS) is 1. The zero-order chi connectivity index (χ0) is 15.0. The van der Waals surface area contributed by atoms with Crippen LogP contribution in [0, 0.1) is 0 Å². The second-order valence-electron chi connectivity index (χ2n) is 4.25. The fraction of sp³-hybridized carbons (Fsp3) is 0. The smallest absolute Gasteiger partial charge is 0.335 e. The van der Waals surface area contributed by atoms with Crippen molar-refractivity contribution < 1.29 is 19.8 Å². The summed E-state index contributed by atoms with van der Waals surface area (Å²) in [5, 5.41) is 23.1. The van der Waals surface area contributed by atoms with Gasteiger partial charge < -0.3 is 15.5 Å². The van der Waals surface area contributed by atoms with E-state index in [-0.39, 0.29) is 22.9 Å². The van der Waals surface area contributed by atoms with Crippen molar-refractivity contribution in [1.82, 2.24) is 0 Å². The van der Waals surface area contributed by atoms with Crippen LogP contribution < -0.4 is 5.32 Å². The van der Waals surface area contributed by atoms with Crippen LogP contribution in [-0.2, 0) is 0 Å². The highest BCUT2D eigenvalue weighted by molar-refractivity contribution is 7.27. The summed E-state index contributed by atoms with van der Waals surface area (Å²) in [6, 6.07) is 7.53. The third-order valence-electron chi connectivity index (χ3n) is 2.86. The third kappa shape index (κ3) is 2.61. The molecule has 0 atom stereocenters. The second kappa shape index (κ2) is 5.19. The molecule has 106 valence electrons. The van der Waals surface area contributed by atoms with Crippen molar-refractivity contribution in [1.29, 1.82) is 0 Å². The van der Waals surface area contributed by atoms with E-state index in [1.807, 2.05) is 11.4 Å². The number of phenolic OH excluding ortho intramolecular Hbond substituents is 1. The number of carbonyl (C=O) groups is 2. The Hall–Kier alpha value is -2.38. The monoisotopic (exact) mass is 319 g/mol. The van der Waals surface area contributed by atoms with Crippen LogP contribution in [0.4, 0.5) is 5.69 Å². The number of hydrogen-bond acceptors (Lipinski definition) is 5. The Kier molecular flexibility index (Phi) is 3.36. The summed E-state index contributed by atoms with van der Waals surface area (Å²) < 4.78 is 2.08. The van der Waals surface area contributed by atoms with Crippen LogP contribution in [0.2, 0.25) is 0 Å². The molecular formula is C14H9NO4S2. The zero-order valence-electron chi connectivity index (χ0n) is 10.5. The van der Waals surface area contributed by atoms with Crippen molar-refractivity contribution in [2.75, 3.05) is 5.32 Å². The number of carboxylic acids is 1. The topological polar surface area (TPSA) is 86.6 Å². The molecule has 2 heterocycles. The molecule has 3 aromatic rings. The molecule has 21 heavy (non-hydrogen) atoms. The van der Waals surface area contributed by atoms with Crippen molar-refractivity contribution in [3.63, 3.8) is 0 Å². The van der Waals surface area contributed by atoms with E-state index < -0.39 is 5.97 Å². The number of amides is 1. The lowest BCUT2D eigenvalue weighted by molar-refractivity contribution is 0.0696.